The van der Waals surface area contributed by atoms with E-state index in [0.717, 1.165) is 53.7 Å². The molecule has 5 rings (SSSR count). The monoisotopic (exact) mass is 342 g/mol. The molecule has 1 aliphatic heterocycles. The topological polar surface area (TPSA) is 83.2 Å². The summed E-state index contributed by atoms with van der Waals surface area (Å²) in [6.07, 6.45) is 3.96. The third kappa shape index (κ3) is 2.14. The number of nitriles is 1. The normalized spacial score (nSPS) is 17.8. The number of nitrogens with two attached hydrogens (primary N) is 1. The van der Waals surface area contributed by atoms with Crippen LogP contribution < -0.4 is 10.6 Å². The van der Waals surface area contributed by atoms with Crippen molar-refractivity contribution in [2.24, 2.45) is 5.73 Å². The van der Waals surface area contributed by atoms with E-state index in [4.69, 9.17) is 5.73 Å². The quantitative estimate of drug-likeness (QED) is 0.575. The molecule has 1 saturated heterocycles. The number of imidazole rings is 1. The number of benzene rings is 1. The summed E-state index contributed by atoms with van der Waals surface area (Å²) >= 11 is 0. The second-order valence-corrected chi connectivity index (χ2v) is 6.85. The smallest absolute Gasteiger partial charge is 0.157 e. The van der Waals surface area contributed by atoms with Crippen LogP contribution in [-0.4, -0.2) is 33.5 Å². The van der Waals surface area contributed by atoms with Crippen molar-refractivity contribution in [3.63, 3.8) is 0 Å². The molecule has 0 saturated carbocycles. The lowest BCUT2D eigenvalue weighted by Gasteiger charge is -2.33. The summed E-state index contributed by atoms with van der Waals surface area (Å²) in [4.78, 5) is 11.6. The molecule has 1 fully saturated rings. The first-order chi connectivity index (χ1) is 12.8. The van der Waals surface area contributed by atoms with E-state index in [2.05, 4.69) is 20.9 Å². The van der Waals surface area contributed by atoms with Gasteiger partial charge in [0.1, 0.15) is 11.7 Å². The Morgan fingerprint density at radius 2 is 2.08 bits per heavy atom. The van der Waals surface area contributed by atoms with Gasteiger partial charge >= 0.3 is 0 Å². The number of hydrogen-bond donors (Lipinski definition) is 1. The van der Waals surface area contributed by atoms with Crippen molar-refractivity contribution >= 4 is 33.4 Å². The van der Waals surface area contributed by atoms with E-state index in [1.54, 1.807) is 0 Å². The third-order valence-electron chi connectivity index (χ3n) is 5.17. The molecule has 26 heavy (non-hydrogen) atoms. The van der Waals surface area contributed by atoms with Crippen LogP contribution in [0.4, 0.5) is 5.69 Å². The maximum Gasteiger partial charge on any atom is 0.157 e. The number of hydrogen-bond acceptors (Lipinski definition) is 5. The standard InChI is InChI=1S/C20H18N6/c21-11-13-10-15-17(25-9-3-4-14(22)12-25)7-8-23-20(15)26-18-6-2-1-5-16(18)24-19(13)26/h1-2,5-8,10,14H,3-4,9,12,22H2. The van der Waals surface area contributed by atoms with Crippen LogP contribution in [0.2, 0.25) is 0 Å². The Morgan fingerprint density at radius 3 is 2.92 bits per heavy atom. The van der Waals surface area contributed by atoms with Gasteiger partial charge in [-0.15, -0.1) is 0 Å². The third-order valence-corrected chi connectivity index (χ3v) is 5.17. The second-order valence-electron chi connectivity index (χ2n) is 6.85. The van der Waals surface area contributed by atoms with E-state index < -0.39 is 0 Å². The largest absolute Gasteiger partial charge is 0.369 e. The van der Waals surface area contributed by atoms with Crippen molar-refractivity contribution < 1.29 is 0 Å². The van der Waals surface area contributed by atoms with Crippen LogP contribution in [0.3, 0.4) is 0 Å². The van der Waals surface area contributed by atoms with E-state index in [-0.39, 0.29) is 6.04 Å². The molecule has 1 aliphatic rings. The SMILES string of the molecule is N#Cc1cc2c(N3CCCC(N)C3)ccnc2n2c1nc1ccccc12. The van der Waals surface area contributed by atoms with Crippen LogP contribution in [0.1, 0.15) is 18.4 Å². The molecule has 1 unspecified atom stereocenters. The molecule has 128 valence electrons. The predicted octanol–water partition coefficient (Wildman–Crippen LogP) is 2.83. The van der Waals surface area contributed by atoms with Gasteiger partial charge < -0.3 is 10.6 Å². The number of fused-ring (bicyclic) bond motifs is 5. The Kier molecular flexibility index (Phi) is 3.30. The highest BCUT2D eigenvalue weighted by Crippen LogP contribution is 2.31. The molecule has 0 spiro atoms. The second kappa shape index (κ2) is 5.68. The highest BCUT2D eigenvalue weighted by atomic mass is 15.2. The Labute approximate surface area is 150 Å². The maximum absolute atomic E-state index is 9.71. The van der Waals surface area contributed by atoms with Gasteiger partial charge in [-0.2, -0.15) is 5.26 Å². The van der Waals surface area contributed by atoms with Crippen LogP contribution in [-0.2, 0) is 0 Å². The van der Waals surface area contributed by atoms with Crippen molar-refractivity contribution in [2.45, 2.75) is 18.9 Å². The lowest BCUT2D eigenvalue weighted by atomic mass is 10.0. The van der Waals surface area contributed by atoms with Crippen molar-refractivity contribution in [1.29, 1.82) is 5.26 Å². The molecule has 0 radical (unpaired) electrons. The molecule has 0 amide bonds. The summed E-state index contributed by atoms with van der Waals surface area (Å²) in [6, 6.07) is 14.3. The zero-order chi connectivity index (χ0) is 17.7. The van der Waals surface area contributed by atoms with Crippen molar-refractivity contribution in [2.75, 3.05) is 18.0 Å². The molecule has 1 atom stereocenters. The van der Waals surface area contributed by atoms with E-state index in [0.29, 0.717) is 11.2 Å². The molecule has 2 N–H and O–H groups in total. The number of anilines is 1. The van der Waals surface area contributed by atoms with Gasteiger partial charge in [-0.1, -0.05) is 12.1 Å². The number of rotatable bonds is 1. The maximum atomic E-state index is 9.71. The van der Waals surface area contributed by atoms with Crippen LogP contribution in [0.15, 0.2) is 42.6 Å². The fourth-order valence-corrected chi connectivity index (χ4v) is 3.99. The van der Waals surface area contributed by atoms with Crippen molar-refractivity contribution in [1.82, 2.24) is 14.4 Å². The van der Waals surface area contributed by atoms with Gasteiger partial charge in [-0.3, -0.25) is 4.40 Å². The van der Waals surface area contributed by atoms with Crippen molar-refractivity contribution in [3.8, 4) is 6.07 Å². The summed E-state index contributed by atoms with van der Waals surface area (Å²) < 4.78 is 2.00. The molecule has 0 aliphatic carbocycles. The van der Waals surface area contributed by atoms with Gasteiger partial charge in [0.15, 0.2) is 5.65 Å². The number of nitrogens with zero attached hydrogens (tertiary/aromatic N) is 5. The fraction of sp³-hybridized carbons (Fsp3) is 0.250. The number of aromatic nitrogens is 3. The number of pyridine rings is 2. The van der Waals surface area contributed by atoms with Gasteiger partial charge in [-0.25, -0.2) is 9.97 Å². The Morgan fingerprint density at radius 1 is 1.19 bits per heavy atom. The summed E-state index contributed by atoms with van der Waals surface area (Å²) in [5.41, 5.74) is 11.1. The zero-order valence-electron chi connectivity index (χ0n) is 14.3. The Balaban J connectivity index is 1.87. The van der Waals surface area contributed by atoms with E-state index in [1.807, 2.05) is 47.0 Å². The summed E-state index contributed by atoms with van der Waals surface area (Å²) in [5, 5.41) is 10.7. The first-order valence-corrected chi connectivity index (χ1v) is 8.86. The summed E-state index contributed by atoms with van der Waals surface area (Å²) in [5.74, 6) is 0. The average molecular weight is 342 g/mol. The van der Waals surface area contributed by atoms with Gasteiger partial charge in [0.25, 0.3) is 0 Å². The lowest BCUT2D eigenvalue weighted by molar-refractivity contribution is 0.507. The molecular formula is C20H18N6. The lowest BCUT2D eigenvalue weighted by Crippen LogP contribution is -2.42. The number of piperidine rings is 1. The molecule has 4 aromatic rings. The number of para-hydroxylation sites is 2. The van der Waals surface area contributed by atoms with Gasteiger partial charge in [0, 0.05) is 36.4 Å². The van der Waals surface area contributed by atoms with E-state index in [1.165, 1.54) is 0 Å². The summed E-state index contributed by atoms with van der Waals surface area (Å²) in [6.45, 7) is 1.79. The first-order valence-electron chi connectivity index (χ1n) is 8.86. The minimum absolute atomic E-state index is 0.181. The molecule has 6 heteroatoms. The fourth-order valence-electron chi connectivity index (χ4n) is 3.99. The minimum atomic E-state index is 0.181. The molecule has 3 aromatic heterocycles. The average Bonchev–Trinajstić information content (AvgIpc) is 3.06. The van der Waals surface area contributed by atoms with Gasteiger partial charge in [0.2, 0.25) is 0 Å². The Bertz CT molecular complexity index is 1190. The van der Waals surface area contributed by atoms with E-state index in [9.17, 15) is 5.26 Å². The molecule has 4 heterocycles. The zero-order valence-corrected chi connectivity index (χ0v) is 14.3. The highest BCUT2D eigenvalue weighted by molar-refractivity contribution is 5.97. The van der Waals surface area contributed by atoms with Crippen LogP contribution in [0.25, 0.3) is 27.7 Å². The molecule has 1 aromatic carbocycles. The van der Waals surface area contributed by atoms with Crippen LogP contribution in [0, 0.1) is 11.3 Å². The molecule has 6 nitrogen and oxygen atoms in total. The van der Waals surface area contributed by atoms with Crippen molar-refractivity contribution in [3.05, 3.63) is 48.2 Å². The first kappa shape index (κ1) is 15.1. The van der Waals surface area contributed by atoms with Crippen LogP contribution >= 0.6 is 0 Å². The van der Waals surface area contributed by atoms with Gasteiger partial charge in [0.05, 0.1) is 16.6 Å². The predicted molar refractivity (Wildman–Crippen MR) is 102 cm³/mol. The highest BCUT2D eigenvalue weighted by Gasteiger charge is 2.21. The van der Waals surface area contributed by atoms with Crippen LogP contribution in [0.5, 0.6) is 0 Å². The summed E-state index contributed by atoms with van der Waals surface area (Å²) in [7, 11) is 0. The molecule has 0 bridgehead atoms. The Hall–Kier alpha value is -3.17. The molecular weight excluding hydrogens is 324 g/mol. The minimum Gasteiger partial charge on any atom is -0.369 e. The van der Waals surface area contributed by atoms with Gasteiger partial charge in [-0.05, 0) is 37.1 Å². The van der Waals surface area contributed by atoms with E-state index >= 15 is 0 Å².